The number of benzene rings is 1. The summed E-state index contributed by atoms with van der Waals surface area (Å²) in [4.78, 5) is 26.7. The van der Waals surface area contributed by atoms with E-state index in [0.717, 1.165) is 13.0 Å². The molecule has 0 spiro atoms. The van der Waals surface area contributed by atoms with Crippen LogP contribution in [0.3, 0.4) is 0 Å². The van der Waals surface area contributed by atoms with Crippen LogP contribution in [0, 0.1) is 13.8 Å². The molecule has 1 heterocycles. The lowest BCUT2D eigenvalue weighted by Gasteiger charge is -2.13. The second-order valence-electron chi connectivity index (χ2n) is 5.54. The minimum Gasteiger partial charge on any atom is -0.416 e. The number of allylic oxidation sites excluding steroid dienone is 1. The van der Waals surface area contributed by atoms with Crippen LogP contribution in [-0.2, 0) is 9.53 Å². The Morgan fingerprint density at radius 2 is 1.59 bits per heavy atom. The van der Waals surface area contributed by atoms with Gasteiger partial charge in [-0.1, -0.05) is 0 Å². The normalized spacial score (nSPS) is 13.1. The SMILES string of the molecule is CC=C(OC(=O)C(F)(F)F)c1nc2cc(C)c(C)cc2n1C(=O)C(F)(F)F. The first-order valence-corrected chi connectivity index (χ1v) is 7.34. The molecule has 146 valence electrons. The van der Waals surface area contributed by atoms with Crippen molar-refractivity contribution in [3.8, 4) is 0 Å². The van der Waals surface area contributed by atoms with Crippen LogP contribution in [-0.4, -0.2) is 33.8 Å². The van der Waals surface area contributed by atoms with Gasteiger partial charge in [0, 0.05) is 0 Å². The van der Waals surface area contributed by atoms with Gasteiger partial charge in [0.25, 0.3) is 0 Å². The fraction of sp³-hybridized carbons (Fsp3) is 0.312. The number of hydrogen-bond donors (Lipinski definition) is 0. The van der Waals surface area contributed by atoms with Crippen molar-refractivity contribution >= 4 is 28.7 Å². The van der Waals surface area contributed by atoms with Gasteiger partial charge in [-0.05, 0) is 50.1 Å². The Labute approximate surface area is 148 Å². The van der Waals surface area contributed by atoms with Crippen LogP contribution in [0.25, 0.3) is 16.8 Å². The average Bonchev–Trinajstić information content (AvgIpc) is 2.88. The smallest absolute Gasteiger partial charge is 0.416 e. The molecule has 0 unspecified atom stereocenters. The van der Waals surface area contributed by atoms with Gasteiger partial charge in [0.05, 0.1) is 11.0 Å². The van der Waals surface area contributed by atoms with E-state index >= 15 is 0 Å². The Balaban J connectivity index is 2.74. The molecule has 0 saturated heterocycles. The molecule has 0 fully saturated rings. The third-order valence-corrected chi connectivity index (χ3v) is 3.63. The lowest BCUT2D eigenvalue weighted by molar-refractivity contribution is -0.192. The summed E-state index contributed by atoms with van der Waals surface area (Å²) in [7, 11) is 0. The molecule has 1 aromatic carbocycles. The Morgan fingerprint density at radius 1 is 1.04 bits per heavy atom. The van der Waals surface area contributed by atoms with E-state index in [1.807, 2.05) is 0 Å². The molecule has 1 aromatic heterocycles. The number of hydrogen-bond acceptors (Lipinski definition) is 4. The second kappa shape index (κ2) is 6.71. The van der Waals surface area contributed by atoms with Gasteiger partial charge in [-0.25, -0.2) is 9.78 Å². The lowest BCUT2D eigenvalue weighted by atomic mass is 10.1. The molecular weight excluding hydrogens is 382 g/mol. The molecule has 0 N–H and O–H groups in total. The van der Waals surface area contributed by atoms with Crippen LogP contribution in [0.15, 0.2) is 18.2 Å². The Morgan fingerprint density at radius 3 is 2.07 bits per heavy atom. The lowest BCUT2D eigenvalue weighted by Crippen LogP contribution is -2.31. The van der Waals surface area contributed by atoms with Gasteiger partial charge in [-0.2, -0.15) is 26.3 Å². The summed E-state index contributed by atoms with van der Waals surface area (Å²) < 4.78 is 80.6. The van der Waals surface area contributed by atoms with Crippen LogP contribution in [0.4, 0.5) is 26.3 Å². The monoisotopic (exact) mass is 394 g/mol. The van der Waals surface area contributed by atoms with Crippen molar-refractivity contribution in [3.63, 3.8) is 0 Å². The molecule has 0 aliphatic carbocycles. The van der Waals surface area contributed by atoms with Crippen molar-refractivity contribution in [1.82, 2.24) is 9.55 Å². The predicted octanol–water partition coefficient (Wildman–Crippen LogP) is 4.32. The van der Waals surface area contributed by atoms with Crippen LogP contribution in [0.1, 0.15) is 28.7 Å². The Hall–Kier alpha value is -2.85. The van der Waals surface area contributed by atoms with E-state index in [2.05, 4.69) is 9.72 Å². The maximum Gasteiger partial charge on any atom is 0.491 e. The first-order valence-electron chi connectivity index (χ1n) is 7.34. The summed E-state index contributed by atoms with van der Waals surface area (Å²) in [6.07, 6.45) is -9.91. The first-order chi connectivity index (χ1) is 12.3. The molecule has 2 aromatic rings. The maximum atomic E-state index is 13.0. The molecule has 0 saturated carbocycles. The van der Waals surface area contributed by atoms with Crippen molar-refractivity contribution in [2.45, 2.75) is 33.1 Å². The molecule has 0 atom stereocenters. The standard InChI is InChI=1S/C16H12F6N2O3/c1-4-11(27-14(26)16(20,21)22)12-23-9-5-7(2)8(3)6-10(9)24(12)13(25)15(17,18)19/h4-6H,1-3H3. The van der Waals surface area contributed by atoms with Gasteiger partial charge in [-0.15, -0.1) is 0 Å². The van der Waals surface area contributed by atoms with Gasteiger partial charge in [0.2, 0.25) is 0 Å². The van der Waals surface area contributed by atoms with Crippen molar-refractivity contribution in [3.05, 3.63) is 35.2 Å². The largest absolute Gasteiger partial charge is 0.491 e. The Kier molecular flexibility index (Phi) is 5.08. The van der Waals surface area contributed by atoms with Crippen molar-refractivity contribution in [1.29, 1.82) is 0 Å². The third kappa shape index (κ3) is 3.96. The number of nitrogens with zero attached hydrogens (tertiary/aromatic N) is 2. The van der Waals surface area contributed by atoms with Crippen molar-refractivity contribution < 1.29 is 40.7 Å². The summed E-state index contributed by atoms with van der Waals surface area (Å²) >= 11 is 0. The van der Waals surface area contributed by atoms with E-state index in [9.17, 15) is 35.9 Å². The maximum absolute atomic E-state index is 13.0. The summed E-state index contributed by atoms with van der Waals surface area (Å²) in [6.45, 7) is 4.33. The first kappa shape index (κ1) is 20.5. The van der Waals surface area contributed by atoms with Crippen molar-refractivity contribution in [2.24, 2.45) is 0 Å². The third-order valence-electron chi connectivity index (χ3n) is 3.63. The highest BCUT2D eigenvalue weighted by molar-refractivity contribution is 5.97. The zero-order valence-electron chi connectivity index (χ0n) is 14.1. The quantitative estimate of drug-likeness (QED) is 0.432. The Bertz CT molecular complexity index is 954. The molecule has 0 radical (unpaired) electrons. The number of carbonyl (C=O) groups excluding carboxylic acids is 2. The summed E-state index contributed by atoms with van der Waals surface area (Å²) in [5.74, 6) is -6.83. The second-order valence-corrected chi connectivity index (χ2v) is 5.54. The number of halogens is 6. The van der Waals surface area contributed by atoms with E-state index in [1.54, 1.807) is 13.8 Å². The summed E-state index contributed by atoms with van der Waals surface area (Å²) in [5, 5.41) is 0. The fourth-order valence-electron chi connectivity index (χ4n) is 2.22. The molecular formula is C16H12F6N2O3. The molecule has 27 heavy (non-hydrogen) atoms. The zero-order chi connectivity index (χ0) is 20.7. The summed E-state index contributed by atoms with van der Waals surface area (Å²) in [6, 6.07) is 2.61. The number of ether oxygens (including phenoxy) is 1. The van der Waals surface area contributed by atoms with Gasteiger partial charge in [-0.3, -0.25) is 9.36 Å². The molecule has 0 aliphatic heterocycles. The van der Waals surface area contributed by atoms with E-state index in [4.69, 9.17) is 0 Å². The van der Waals surface area contributed by atoms with Crippen LogP contribution < -0.4 is 0 Å². The van der Waals surface area contributed by atoms with Crippen LogP contribution in [0.2, 0.25) is 0 Å². The highest BCUT2D eigenvalue weighted by Crippen LogP contribution is 2.30. The zero-order valence-corrected chi connectivity index (χ0v) is 14.1. The van der Waals surface area contributed by atoms with Crippen LogP contribution in [0.5, 0.6) is 0 Å². The number of imidazole rings is 1. The van der Waals surface area contributed by atoms with Crippen molar-refractivity contribution in [2.75, 3.05) is 0 Å². The fourth-order valence-corrected chi connectivity index (χ4v) is 2.22. The minimum atomic E-state index is -5.38. The highest BCUT2D eigenvalue weighted by atomic mass is 19.4. The van der Waals surface area contributed by atoms with Gasteiger partial charge in [0.1, 0.15) is 0 Å². The number of alkyl halides is 6. The van der Waals surface area contributed by atoms with Gasteiger partial charge in [0.15, 0.2) is 11.6 Å². The number of esters is 1. The summed E-state index contributed by atoms with van der Waals surface area (Å²) in [5.41, 5.74) is 0.804. The number of carbonyl (C=O) groups is 2. The molecule has 0 bridgehead atoms. The van der Waals surface area contributed by atoms with E-state index < -0.39 is 35.8 Å². The predicted molar refractivity (Wildman–Crippen MR) is 81.7 cm³/mol. The molecule has 0 amide bonds. The van der Waals surface area contributed by atoms with Crippen LogP contribution >= 0.6 is 0 Å². The average molecular weight is 394 g/mol. The van der Waals surface area contributed by atoms with Gasteiger partial charge >= 0.3 is 24.2 Å². The number of aryl methyl sites for hydroxylation is 2. The highest BCUT2D eigenvalue weighted by Gasteiger charge is 2.45. The van der Waals surface area contributed by atoms with E-state index in [0.29, 0.717) is 11.1 Å². The number of rotatable bonds is 2. The number of fused-ring (bicyclic) bond motifs is 1. The molecule has 5 nitrogen and oxygen atoms in total. The van der Waals surface area contributed by atoms with E-state index in [1.165, 1.54) is 12.1 Å². The molecule has 0 aliphatic rings. The minimum absolute atomic E-state index is 0.0758. The van der Waals surface area contributed by atoms with Gasteiger partial charge < -0.3 is 4.74 Å². The molecule has 11 heteroatoms. The van der Waals surface area contributed by atoms with E-state index in [-0.39, 0.29) is 15.6 Å². The molecule has 2 rings (SSSR count). The topological polar surface area (TPSA) is 61.2 Å². The number of aromatic nitrogens is 2.